The van der Waals surface area contributed by atoms with Crippen molar-refractivity contribution < 1.29 is 14.4 Å². The summed E-state index contributed by atoms with van der Waals surface area (Å²) in [6.07, 6.45) is 3.04. The van der Waals surface area contributed by atoms with Gasteiger partial charge in [-0.1, -0.05) is 5.16 Å². The topological polar surface area (TPSA) is 94.0 Å². The second-order valence-corrected chi connectivity index (χ2v) is 3.01. The predicted octanol–water partition coefficient (Wildman–Crippen LogP) is 0.0972. The molecule has 15 heavy (non-hydrogen) atoms. The van der Waals surface area contributed by atoms with Gasteiger partial charge in [-0.05, 0) is 0 Å². The highest BCUT2D eigenvalue weighted by Gasteiger charge is 2.12. The number of rotatable bonds is 3. The summed E-state index contributed by atoms with van der Waals surface area (Å²) in [5.74, 6) is -0.638. The van der Waals surface area contributed by atoms with Crippen LogP contribution in [-0.2, 0) is 18.3 Å². The van der Waals surface area contributed by atoms with Gasteiger partial charge in [0.2, 0.25) is 11.7 Å². The molecule has 0 saturated carbocycles. The SMILES string of the molecule is Cn1cnc(-c2noc(CC(=O)O)n2)c1. The van der Waals surface area contributed by atoms with Crippen LogP contribution in [0.25, 0.3) is 11.5 Å². The van der Waals surface area contributed by atoms with E-state index in [0.29, 0.717) is 11.5 Å². The maximum Gasteiger partial charge on any atom is 0.312 e. The summed E-state index contributed by atoms with van der Waals surface area (Å²) in [5, 5.41) is 12.1. The molecule has 2 aromatic rings. The lowest BCUT2D eigenvalue weighted by Gasteiger charge is -1.84. The summed E-state index contributed by atoms with van der Waals surface area (Å²) in [5.41, 5.74) is 0.554. The fourth-order valence-electron chi connectivity index (χ4n) is 1.09. The van der Waals surface area contributed by atoms with Crippen molar-refractivity contribution >= 4 is 5.97 Å². The van der Waals surface area contributed by atoms with Crippen LogP contribution in [0.1, 0.15) is 5.89 Å². The molecule has 0 aliphatic carbocycles. The van der Waals surface area contributed by atoms with Crippen molar-refractivity contribution in [1.29, 1.82) is 0 Å². The van der Waals surface area contributed by atoms with E-state index in [-0.39, 0.29) is 12.3 Å². The Morgan fingerprint density at radius 3 is 3.07 bits per heavy atom. The zero-order chi connectivity index (χ0) is 10.8. The number of carboxylic acid groups (broad SMARTS) is 1. The summed E-state index contributed by atoms with van der Waals surface area (Å²) < 4.78 is 6.49. The molecule has 0 bridgehead atoms. The molecule has 0 aromatic carbocycles. The normalized spacial score (nSPS) is 10.5. The van der Waals surface area contributed by atoms with Gasteiger partial charge in [-0.25, -0.2) is 4.98 Å². The van der Waals surface area contributed by atoms with Gasteiger partial charge in [0.05, 0.1) is 6.33 Å². The number of hydrogen-bond acceptors (Lipinski definition) is 5. The van der Waals surface area contributed by atoms with Crippen LogP contribution < -0.4 is 0 Å². The highest BCUT2D eigenvalue weighted by Crippen LogP contribution is 2.12. The minimum absolute atomic E-state index is 0.0724. The number of aliphatic carboxylic acids is 1. The minimum atomic E-state index is -1.01. The van der Waals surface area contributed by atoms with Gasteiger partial charge >= 0.3 is 5.97 Å². The van der Waals surface area contributed by atoms with E-state index in [2.05, 4.69) is 15.1 Å². The second kappa shape index (κ2) is 3.52. The van der Waals surface area contributed by atoms with Crippen LogP contribution in [0.2, 0.25) is 0 Å². The van der Waals surface area contributed by atoms with Gasteiger partial charge < -0.3 is 14.2 Å². The van der Waals surface area contributed by atoms with E-state index in [9.17, 15) is 4.79 Å². The quantitative estimate of drug-likeness (QED) is 0.768. The van der Waals surface area contributed by atoms with Crippen LogP contribution >= 0.6 is 0 Å². The summed E-state index contributed by atoms with van der Waals surface area (Å²) in [6.45, 7) is 0. The number of carboxylic acids is 1. The van der Waals surface area contributed by atoms with E-state index in [1.165, 1.54) is 0 Å². The van der Waals surface area contributed by atoms with Crippen molar-refractivity contribution in [3.63, 3.8) is 0 Å². The van der Waals surface area contributed by atoms with Crippen LogP contribution in [-0.4, -0.2) is 30.8 Å². The molecule has 2 heterocycles. The molecule has 2 aromatic heterocycles. The zero-order valence-corrected chi connectivity index (χ0v) is 7.91. The first-order chi connectivity index (χ1) is 7.15. The van der Waals surface area contributed by atoms with Gasteiger partial charge in [0.25, 0.3) is 0 Å². The van der Waals surface area contributed by atoms with E-state index < -0.39 is 5.97 Å². The largest absolute Gasteiger partial charge is 0.481 e. The van der Waals surface area contributed by atoms with E-state index in [1.54, 1.807) is 17.1 Å². The molecule has 0 atom stereocenters. The molecule has 2 rings (SSSR count). The summed E-state index contributed by atoms with van der Waals surface area (Å²) in [4.78, 5) is 18.3. The highest BCUT2D eigenvalue weighted by molar-refractivity contribution is 5.68. The number of hydrogen-bond donors (Lipinski definition) is 1. The van der Waals surface area contributed by atoms with E-state index >= 15 is 0 Å². The number of aryl methyl sites for hydroxylation is 1. The molecule has 0 amide bonds. The molecule has 0 aliphatic heterocycles. The Labute approximate surface area is 84.4 Å². The van der Waals surface area contributed by atoms with Crippen molar-refractivity contribution in [1.82, 2.24) is 19.7 Å². The third-order valence-corrected chi connectivity index (χ3v) is 1.70. The van der Waals surface area contributed by atoms with Crippen molar-refractivity contribution in [2.24, 2.45) is 7.05 Å². The summed E-state index contributed by atoms with van der Waals surface area (Å²) in [7, 11) is 1.81. The molecular weight excluding hydrogens is 200 g/mol. The second-order valence-electron chi connectivity index (χ2n) is 3.01. The number of nitrogens with zero attached hydrogens (tertiary/aromatic N) is 4. The molecule has 0 radical (unpaired) electrons. The first kappa shape index (κ1) is 9.38. The lowest BCUT2D eigenvalue weighted by Crippen LogP contribution is -1.99. The van der Waals surface area contributed by atoms with Gasteiger partial charge in [-0.15, -0.1) is 0 Å². The van der Waals surface area contributed by atoms with Gasteiger partial charge in [0.1, 0.15) is 12.1 Å². The van der Waals surface area contributed by atoms with Gasteiger partial charge in [0.15, 0.2) is 0 Å². The molecule has 1 N–H and O–H groups in total. The Morgan fingerprint density at radius 2 is 2.47 bits per heavy atom. The Balaban J connectivity index is 2.23. The van der Waals surface area contributed by atoms with Crippen LogP contribution in [0.15, 0.2) is 17.0 Å². The molecule has 0 saturated heterocycles. The Kier molecular flexibility index (Phi) is 2.20. The first-order valence-electron chi connectivity index (χ1n) is 4.18. The molecule has 0 spiro atoms. The molecular formula is C8H8N4O3. The van der Waals surface area contributed by atoms with E-state index in [0.717, 1.165) is 0 Å². The average molecular weight is 208 g/mol. The smallest absolute Gasteiger partial charge is 0.312 e. The molecule has 0 aliphatic rings. The highest BCUT2D eigenvalue weighted by atomic mass is 16.5. The number of aromatic nitrogens is 4. The lowest BCUT2D eigenvalue weighted by atomic mass is 10.4. The summed E-state index contributed by atoms with van der Waals surface area (Å²) >= 11 is 0. The van der Waals surface area contributed by atoms with Crippen LogP contribution in [0.4, 0.5) is 0 Å². The predicted molar refractivity (Wildman–Crippen MR) is 47.8 cm³/mol. The molecule has 0 unspecified atom stereocenters. The Hall–Kier alpha value is -2.18. The van der Waals surface area contributed by atoms with Crippen molar-refractivity contribution in [2.45, 2.75) is 6.42 Å². The standard InChI is InChI=1S/C8H8N4O3/c1-12-3-5(9-4-12)8-10-6(15-11-8)2-7(13)14/h3-4H,2H2,1H3,(H,13,14). The van der Waals surface area contributed by atoms with E-state index in [1.807, 2.05) is 7.05 Å². The van der Waals surface area contributed by atoms with Crippen LogP contribution in [0.3, 0.4) is 0 Å². The van der Waals surface area contributed by atoms with Gasteiger partial charge in [-0.2, -0.15) is 4.98 Å². The van der Waals surface area contributed by atoms with E-state index in [4.69, 9.17) is 9.63 Å². The van der Waals surface area contributed by atoms with Crippen molar-refractivity contribution in [3.8, 4) is 11.5 Å². The minimum Gasteiger partial charge on any atom is -0.481 e. The Bertz CT molecular complexity index is 488. The molecule has 0 fully saturated rings. The molecule has 78 valence electrons. The monoisotopic (exact) mass is 208 g/mol. The fraction of sp³-hybridized carbons (Fsp3) is 0.250. The third-order valence-electron chi connectivity index (χ3n) is 1.70. The Morgan fingerprint density at radius 1 is 1.67 bits per heavy atom. The lowest BCUT2D eigenvalue weighted by molar-refractivity contribution is -0.136. The summed E-state index contributed by atoms with van der Waals surface area (Å²) in [6, 6.07) is 0. The van der Waals surface area contributed by atoms with Gasteiger partial charge in [-0.3, -0.25) is 4.79 Å². The number of carbonyl (C=O) groups is 1. The van der Waals surface area contributed by atoms with Crippen LogP contribution in [0.5, 0.6) is 0 Å². The maximum atomic E-state index is 10.4. The van der Waals surface area contributed by atoms with Gasteiger partial charge in [0, 0.05) is 13.2 Å². The van der Waals surface area contributed by atoms with Crippen molar-refractivity contribution in [3.05, 3.63) is 18.4 Å². The fourth-order valence-corrected chi connectivity index (χ4v) is 1.09. The zero-order valence-electron chi connectivity index (χ0n) is 7.91. The third kappa shape index (κ3) is 2.01. The van der Waals surface area contributed by atoms with Crippen LogP contribution in [0, 0.1) is 0 Å². The molecule has 7 heteroatoms. The number of imidazole rings is 1. The molecule has 7 nitrogen and oxygen atoms in total. The first-order valence-corrected chi connectivity index (χ1v) is 4.18. The average Bonchev–Trinajstić information content (AvgIpc) is 2.72. The maximum absolute atomic E-state index is 10.4. The van der Waals surface area contributed by atoms with Crippen molar-refractivity contribution in [2.75, 3.05) is 0 Å².